The highest BCUT2D eigenvalue weighted by molar-refractivity contribution is 5.89. The van der Waals surface area contributed by atoms with Crippen LogP contribution in [-0.4, -0.2) is 5.91 Å². The number of nitrogens with one attached hydrogen (secondary N) is 1. The van der Waals surface area contributed by atoms with E-state index in [-0.39, 0.29) is 11.6 Å². The molecular weight excluding hydrogens is 159 g/mol. The van der Waals surface area contributed by atoms with E-state index in [2.05, 4.69) is 5.32 Å². The van der Waals surface area contributed by atoms with Crippen molar-refractivity contribution < 1.29 is 9.18 Å². The SMILES string of the molecule is CC(=O)Nc1ccc(F)c(N)c1. The van der Waals surface area contributed by atoms with Gasteiger partial charge in [0.1, 0.15) is 5.82 Å². The second-order valence-corrected chi connectivity index (χ2v) is 2.42. The molecule has 1 amide bonds. The Bertz CT molecular complexity index is 312. The molecule has 4 heteroatoms. The number of carbonyl (C=O) groups excluding carboxylic acids is 1. The highest BCUT2D eigenvalue weighted by Gasteiger charge is 1.99. The lowest BCUT2D eigenvalue weighted by Crippen LogP contribution is -2.06. The number of rotatable bonds is 1. The molecule has 1 aromatic rings. The second kappa shape index (κ2) is 3.21. The van der Waals surface area contributed by atoms with E-state index in [0.717, 1.165) is 0 Å². The molecule has 3 N–H and O–H groups in total. The Morgan fingerprint density at radius 2 is 2.25 bits per heavy atom. The van der Waals surface area contributed by atoms with Gasteiger partial charge in [-0.1, -0.05) is 0 Å². The molecule has 1 rings (SSSR count). The summed E-state index contributed by atoms with van der Waals surface area (Å²) in [6.45, 7) is 1.37. The third-order valence-corrected chi connectivity index (χ3v) is 1.32. The molecule has 0 atom stereocenters. The van der Waals surface area contributed by atoms with Crippen molar-refractivity contribution in [2.75, 3.05) is 11.1 Å². The average molecular weight is 168 g/mol. The van der Waals surface area contributed by atoms with Crippen LogP contribution in [0.1, 0.15) is 6.92 Å². The van der Waals surface area contributed by atoms with Crippen LogP contribution in [0.25, 0.3) is 0 Å². The molecule has 12 heavy (non-hydrogen) atoms. The highest BCUT2D eigenvalue weighted by atomic mass is 19.1. The van der Waals surface area contributed by atoms with E-state index in [4.69, 9.17) is 5.73 Å². The van der Waals surface area contributed by atoms with Crippen LogP contribution in [0.4, 0.5) is 15.8 Å². The number of carbonyl (C=O) groups is 1. The van der Waals surface area contributed by atoms with Gasteiger partial charge in [-0.3, -0.25) is 4.79 Å². The summed E-state index contributed by atoms with van der Waals surface area (Å²) in [5.41, 5.74) is 5.80. The number of amides is 1. The summed E-state index contributed by atoms with van der Waals surface area (Å²) in [4.78, 5) is 10.6. The molecule has 0 fully saturated rings. The Balaban J connectivity index is 2.89. The summed E-state index contributed by atoms with van der Waals surface area (Å²) in [6, 6.07) is 4.03. The van der Waals surface area contributed by atoms with Crippen LogP contribution in [0.2, 0.25) is 0 Å². The molecular formula is C8H9FN2O. The Labute approximate surface area is 69.4 Å². The number of hydrogen-bond donors (Lipinski definition) is 2. The van der Waals surface area contributed by atoms with Crippen LogP contribution in [-0.2, 0) is 4.79 Å². The molecule has 0 saturated carbocycles. The quantitative estimate of drug-likeness (QED) is 0.622. The lowest BCUT2D eigenvalue weighted by atomic mass is 10.2. The normalized spacial score (nSPS) is 9.50. The molecule has 3 nitrogen and oxygen atoms in total. The predicted molar refractivity (Wildman–Crippen MR) is 45.1 cm³/mol. The number of benzene rings is 1. The topological polar surface area (TPSA) is 55.1 Å². The Kier molecular flexibility index (Phi) is 2.28. The Morgan fingerprint density at radius 3 is 2.75 bits per heavy atom. The maximum Gasteiger partial charge on any atom is 0.221 e. The van der Waals surface area contributed by atoms with E-state index in [1.54, 1.807) is 0 Å². The van der Waals surface area contributed by atoms with E-state index in [1.165, 1.54) is 25.1 Å². The predicted octanol–water partition coefficient (Wildman–Crippen LogP) is 1.37. The molecule has 0 spiro atoms. The van der Waals surface area contributed by atoms with Crippen molar-refractivity contribution in [3.8, 4) is 0 Å². The van der Waals surface area contributed by atoms with Crippen LogP contribution >= 0.6 is 0 Å². The van der Waals surface area contributed by atoms with Gasteiger partial charge in [0.05, 0.1) is 5.69 Å². The lowest BCUT2D eigenvalue weighted by Gasteiger charge is -2.02. The first-order valence-electron chi connectivity index (χ1n) is 3.42. The number of anilines is 2. The Hall–Kier alpha value is -1.58. The van der Waals surface area contributed by atoms with Gasteiger partial charge in [0.2, 0.25) is 5.91 Å². The standard InChI is InChI=1S/C8H9FN2O/c1-5(12)11-6-2-3-7(9)8(10)4-6/h2-4H,10H2,1H3,(H,11,12). The number of nitrogen functional groups attached to an aromatic ring is 1. The summed E-state index contributed by atoms with van der Waals surface area (Å²) in [5, 5.41) is 2.49. The van der Waals surface area contributed by atoms with Crippen molar-refractivity contribution in [3.63, 3.8) is 0 Å². The van der Waals surface area contributed by atoms with Gasteiger partial charge in [-0.05, 0) is 18.2 Å². The summed E-state index contributed by atoms with van der Waals surface area (Å²) in [7, 11) is 0. The fraction of sp³-hybridized carbons (Fsp3) is 0.125. The van der Waals surface area contributed by atoms with E-state index < -0.39 is 5.82 Å². The lowest BCUT2D eigenvalue weighted by molar-refractivity contribution is -0.114. The fourth-order valence-corrected chi connectivity index (χ4v) is 0.825. The van der Waals surface area contributed by atoms with Gasteiger partial charge in [0.15, 0.2) is 0 Å². The zero-order valence-electron chi connectivity index (χ0n) is 6.60. The molecule has 64 valence electrons. The summed E-state index contributed by atoms with van der Waals surface area (Å²) in [6.07, 6.45) is 0. The monoisotopic (exact) mass is 168 g/mol. The Morgan fingerprint density at radius 1 is 1.58 bits per heavy atom. The van der Waals surface area contributed by atoms with E-state index >= 15 is 0 Å². The molecule has 0 aliphatic rings. The van der Waals surface area contributed by atoms with Gasteiger partial charge in [0, 0.05) is 12.6 Å². The smallest absolute Gasteiger partial charge is 0.221 e. The second-order valence-electron chi connectivity index (χ2n) is 2.42. The highest BCUT2D eigenvalue weighted by Crippen LogP contribution is 2.15. The van der Waals surface area contributed by atoms with Gasteiger partial charge >= 0.3 is 0 Å². The molecule has 0 aliphatic heterocycles. The van der Waals surface area contributed by atoms with E-state index in [9.17, 15) is 9.18 Å². The van der Waals surface area contributed by atoms with Crippen LogP contribution in [0, 0.1) is 5.82 Å². The zero-order valence-corrected chi connectivity index (χ0v) is 6.60. The van der Waals surface area contributed by atoms with Crippen molar-refractivity contribution in [1.82, 2.24) is 0 Å². The third kappa shape index (κ3) is 1.95. The minimum atomic E-state index is -0.482. The van der Waals surface area contributed by atoms with Crippen LogP contribution in [0.5, 0.6) is 0 Å². The molecule has 0 aromatic heterocycles. The van der Waals surface area contributed by atoms with Crippen molar-refractivity contribution in [3.05, 3.63) is 24.0 Å². The molecule has 0 saturated heterocycles. The number of nitrogens with two attached hydrogens (primary N) is 1. The maximum absolute atomic E-state index is 12.6. The first kappa shape index (κ1) is 8.52. The summed E-state index contributed by atoms with van der Waals surface area (Å²) in [5.74, 6) is -0.690. The number of halogens is 1. The van der Waals surface area contributed by atoms with Crippen LogP contribution in [0.15, 0.2) is 18.2 Å². The minimum Gasteiger partial charge on any atom is -0.396 e. The average Bonchev–Trinajstić information content (AvgIpc) is 1.96. The van der Waals surface area contributed by atoms with Gasteiger partial charge in [-0.2, -0.15) is 0 Å². The largest absolute Gasteiger partial charge is 0.396 e. The van der Waals surface area contributed by atoms with Crippen molar-refractivity contribution in [1.29, 1.82) is 0 Å². The van der Waals surface area contributed by atoms with Crippen molar-refractivity contribution in [2.24, 2.45) is 0 Å². The van der Waals surface area contributed by atoms with Crippen molar-refractivity contribution >= 4 is 17.3 Å². The molecule has 0 unspecified atom stereocenters. The van der Waals surface area contributed by atoms with Crippen LogP contribution < -0.4 is 11.1 Å². The molecule has 0 radical (unpaired) electrons. The van der Waals surface area contributed by atoms with Gasteiger partial charge in [-0.25, -0.2) is 4.39 Å². The number of hydrogen-bond acceptors (Lipinski definition) is 2. The zero-order chi connectivity index (χ0) is 9.14. The first-order chi connectivity index (χ1) is 5.59. The third-order valence-electron chi connectivity index (χ3n) is 1.32. The summed E-state index contributed by atoms with van der Waals surface area (Å²) >= 11 is 0. The molecule has 0 aliphatic carbocycles. The first-order valence-corrected chi connectivity index (χ1v) is 3.42. The molecule has 0 heterocycles. The van der Waals surface area contributed by atoms with Gasteiger partial charge in [-0.15, -0.1) is 0 Å². The molecule has 1 aromatic carbocycles. The van der Waals surface area contributed by atoms with Crippen molar-refractivity contribution in [2.45, 2.75) is 6.92 Å². The maximum atomic E-state index is 12.6. The minimum absolute atomic E-state index is 0.0289. The van der Waals surface area contributed by atoms with E-state index in [1.807, 2.05) is 0 Å². The van der Waals surface area contributed by atoms with Crippen LogP contribution in [0.3, 0.4) is 0 Å². The van der Waals surface area contributed by atoms with E-state index in [0.29, 0.717) is 5.69 Å². The van der Waals surface area contributed by atoms with Gasteiger partial charge < -0.3 is 11.1 Å². The molecule has 0 bridgehead atoms. The summed E-state index contributed by atoms with van der Waals surface area (Å²) < 4.78 is 12.6. The van der Waals surface area contributed by atoms with Gasteiger partial charge in [0.25, 0.3) is 0 Å². The fourth-order valence-electron chi connectivity index (χ4n) is 0.825.